The van der Waals surface area contributed by atoms with Gasteiger partial charge in [0.15, 0.2) is 11.6 Å². The fourth-order valence-corrected chi connectivity index (χ4v) is 5.85. The molecule has 1 unspecified atom stereocenters. The minimum Gasteiger partial charge on any atom is -0.374 e. The van der Waals surface area contributed by atoms with Crippen molar-refractivity contribution in [3.8, 4) is 0 Å². The normalized spacial score (nSPS) is 14.6. The highest BCUT2D eigenvalue weighted by atomic mass is 19.1. The third-order valence-corrected chi connectivity index (χ3v) is 8.78. The maximum Gasteiger partial charge on any atom is 0.250 e. The Morgan fingerprint density at radius 2 is 1.63 bits per heavy atom. The van der Waals surface area contributed by atoms with E-state index in [-0.39, 0.29) is 44.1 Å². The summed E-state index contributed by atoms with van der Waals surface area (Å²) < 4.78 is 20.8. The molecule has 0 saturated carbocycles. The summed E-state index contributed by atoms with van der Waals surface area (Å²) in [4.78, 5) is 59.6. The molecule has 1 saturated heterocycles. The van der Waals surface area contributed by atoms with Crippen LogP contribution in [0.15, 0.2) is 91.4 Å². The number of Topliss-reactive ketones (excluding diaryl/α,β-unsaturated/α-hetero) is 1. The number of nitrogens with zero attached hydrogens (tertiary/aromatic N) is 3. The van der Waals surface area contributed by atoms with Gasteiger partial charge in [-0.1, -0.05) is 62.0 Å². The van der Waals surface area contributed by atoms with Gasteiger partial charge in [-0.2, -0.15) is 0 Å². The van der Waals surface area contributed by atoms with Crippen LogP contribution in [0.1, 0.15) is 67.2 Å². The molecule has 4 aromatic rings. The quantitative estimate of drug-likeness (QED) is 0.166. The van der Waals surface area contributed by atoms with Crippen LogP contribution in [0.5, 0.6) is 0 Å². The van der Waals surface area contributed by atoms with Gasteiger partial charge in [-0.25, -0.2) is 9.37 Å². The Hall–Kier alpha value is -5.20. The van der Waals surface area contributed by atoms with E-state index >= 15 is 0 Å². The lowest BCUT2D eigenvalue weighted by Crippen LogP contribution is -2.56. The van der Waals surface area contributed by atoms with Crippen LogP contribution in [0.2, 0.25) is 0 Å². The van der Waals surface area contributed by atoms with Gasteiger partial charge in [0.1, 0.15) is 17.9 Å². The number of carbonyl (C=O) groups is 4. The number of ketones is 1. The predicted octanol–water partition coefficient (Wildman–Crippen LogP) is 5.06. The van der Waals surface area contributed by atoms with E-state index in [1.807, 2.05) is 61.5 Å². The molecule has 3 aromatic carbocycles. The number of anilines is 1. The number of nitrogens with two attached hydrogens (primary N) is 1. The highest BCUT2D eigenvalue weighted by molar-refractivity contribution is 5.99. The van der Waals surface area contributed by atoms with Crippen molar-refractivity contribution in [1.82, 2.24) is 19.8 Å². The van der Waals surface area contributed by atoms with E-state index < -0.39 is 35.3 Å². The van der Waals surface area contributed by atoms with Crippen molar-refractivity contribution in [1.29, 1.82) is 0 Å². The lowest BCUT2D eigenvalue weighted by Gasteiger charge is -2.34. The minimum atomic E-state index is -1.23. The highest BCUT2D eigenvalue weighted by Gasteiger charge is 2.34. The zero-order valence-corrected chi connectivity index (χ0v) is 28.5. The molecule has 1 fully saturated rings. The number of benzene rings is 3. The molecule has 1 aliphatic heterocycles. The third kappa shape index (κ3) is 9.95. The maximum absolute atomic E-state index is 14.2. The van der Waals surface area contributed by atoms with Gasteiger partial charge in [0, 0.05) is 30.8 Å². The Balaban J connectivity index is 0.00000583. The lowest BCUT2D eigenvalue weighted by atomic mass is 9.88. The molecule has 51 heavy (non-hydrogen) atoms. The topological polar surface area (TPSA) is 149 Å². The molecule has 270 valence electrons. The zero-order chi connectivity index (χ0) is 35.8. The number of rotatable bonds is 13. The molecular weight excluding hydrogens is 651 g/mol. The van der Waals surface area contributed by atoms with E-state index in [2.05, 4.69) is 15.6 Å². The standard InChI is InChI=1S/C38H43FN6O5.CH4/c1-25-9-7-8-12-30(25)33(36(48)44-19-17-28(18-20-44)34(46)27-13-15-29(39)16-14-27)45-21-32(41-24-45)43-35(47)31(42-37(49)38(2,3)40)23-50-22-26-10-5-4-6-11-26;/h4-16,21,24,28,31,33H,17-20,22-23,40H2,1-3H3,(H,42,49)(H,43,47);1H4/t31-,33?;/m1./s1. The first kappa shape index (κ1) is 38.6. The van der Waals surface area contributed by atoms with Crippen LogP contribution in [0.25, 0.3) is 0 Å². The Bertz CT molecular complexity index is 1800. The fraction of sp³-hybridized carbons (Fsp3) is 0.359. The van der Waals surface area contributed by atoms with E-state index in [4.69, 9.17) is 10.5 Å². The number of imidazole rings is 1. The lowest BCUT2D eigenvalue weighted by molar-refractivity contribution is -0.134. The molecule has 0 aliphatic carbocycles. The van der Waals surface area contributed by atoms with Crippen molar-refractivity contribution in [3.63, 3.8) is 0 Å². The molecule has 1 aliphatic rings. The fourth-order valence-electron chi connectivity index (χ4n) is 5.85. The van der Waals surface area contributed by atoms with Crippen molar-refractivity contribution >= 4 is 29.3 Å². The molecule has 11 nitrogen and oxygen atoms in total. The molecule has 5 rings (SSSR count). The van der Waals surface area contributed by atoms with Gasteiger partial charge in [0.25, 0.3) is 5.91 Å². The van der Waals surface area contributed by atoms with Crippen LogP contribution in [0, 0.1) is 18.7 Å². The summed E-state index contributed by atoms with van der Waals surface area (Å²) in [5.74, 6) is -1.82. The number of carbonyl (C=O) groups excluding carboxylic acids is 4. The first-order chi connectivity index (χ1) is 23.9. The molecule has 4 N–H and O–H groups in total. The second-order valence-corrected chi connectivity index (χ2v) is 13.2. The maximum atomic E-state index is 14.2. The number of aromatic nitrogens is 2. The number of aryl methyl sites for hydroxylation is 1. The Kier molecular flexibility index (Phi) is 13.0. The van der Waals surface area contributed by atoms with Crippen LogP contribution < -0.4 is 16.4 Å². The molecule has 1 aromatic heterocycles. The number of ether oxygens (including phenoxy) is 1. The van der Waals surface area contributed by atoms with Crippen LogP contribution in [0.4, 0.5) is 10.2 Å². The average Bonchev–Trinajstić information content (AvgIpc) is 3.56. The Morgan fingerprint density at radius 1 is 0.980 bits per heavy atom. The zero-order valence-electron chi connectivity index (χ0n) is 28.5. The van der Waals surface area contributed by atoms with Crippen molar-refractivity contribution < 1.29 is 28.3 Å². The molecule has 0 radical (unpaired) electrons. The molecule has 2 heterocycles. The summed E-state index contributed by atoms with van der Waals surface area (Å²) in [5, 5.41) is 5.43. The van der Waals surface area contributed by atoms with Crippen molar-refractivity contribution in [2.24, 2.45) is 11.7 Å². The summed E-state index contributed by atoms with van der Waals surface area (Å²) in [7, 11) is 0. The Morgan fingerprint density at radius 3 is 2.27 bits per heavy atom. The minimum absolute atomic E-state index is 0. The van der Waals surface area contributed by atoms with Crippen molar-refractivity contribution in [3.05, 3.63) is 119 Å². The molecule has 3 amide bonds. The van der Waals surface area contributed by atoms with Gasteiger partial charge in [-0.05, 0) is 74.6 Å². The summed E-state index contributed by atoms with van der Waals surface area (Å²) in [6.07, 6.45) is 4.02. The van der Waals surface area contributed by atoms with Crippen LogP contribution in [-0.4, -0.2) is 69.2 Å². The number of hydrogen-bond donors (Lipinski definition) is 3. The number of hydrogen-bond acceptors (Lipinski definition) is 7. The predicted molar refractivity (Wildman–Crippen MR) is 193 cm³/mol. The Labute approximate surface area is 298 Å². The SMILES string of the molecule is C.Cc1ccccc1C(C(=O)N1CCC(C(=O)c2ccc(F)cc2)CC1)n1cnc(NC(=O)[C@@H](COCc2ccccc2)NC(=O)C(C)(C)N)c1. The van der Waals surface area contributed by atoms with E-state index in [0.29, 0.717) is 31.5 Å². The van der Waals surface area contributed by atoms with Gasteiger partial charge >= 0.3 is 0 Å². The second kappa shape index (κ2) is 17.1. The van der Waals surface area contributed by atoms with E-state index in [1.54, 1.807) is 29.5 Å². The second-order valence-electron chi connectivity index (χ2n) is 13.2. The van der Waals surface area contributed by atoms with Crippen LogP contribution >= 0.6 is 0 Å². The summed E-state index contributed by atoms with van der Waals surface area (Å²) in [5.41, 5.74) is 7.78. The van der Waals surface area contributed by atoms with E-state index in [9.17, 15) is 23.6 Å². The third-order valence-electron chi connectivity index (χ3n) is 8.78. The average molecular weight is 699 g/mol. The van der Waals surface area contributed by atoms with Gasteiger partial charge in [-0.15, -0.1) is 0 Å². The molecule has 2 atom stereocenters. The monoisotopic (exact) mass is 698 g/mol. The molecule has 0 bridgehead atoms. The number of halogens is 1. The summed E-state index contributed by atoms with van der Waals surface area (Å²) in [6.45, 7) is 5.87. The molecular formula is C39H47FN6O5. The summed E-state index contributed by atoms with van der Waals surface area (Å²) >= 11 is 0. The van der Waals surface area contributed by atoms with Crippen molar-refractivity contribution in [2.75, 3.05) is 25.0 Å². The largest absolute Gasteiger partial charge is 0.374 e. The number of amides is 3. The number of likely N-dealkylation sites (tertiary alicyclic amines) is 1. The van der Waals surface area contributed by atoms with Gasteiger partial charge in [0.2, 0.25) is 11.8 Å². The van der Waals surface area contributed by atoms with E-state index in [1.165, 1.54) is 30.6 Å². The van der Waals surface area contributed by atoms with Crippen LogP contribution in [0.3, 0.4) is 0 Å². The van der Waals surface area contributed by atoms with Gasteiger partial charge < -0.3 is 30.6 Å². The highest BCUT2D eigenvalue weighted by Crippen LogP contribution is 2.29. The number of piperidine rings is 1. The van der Waals surface area contributed by atoms with Gasteiger partial charge in [0.05, 0.1) is 25.1 Å². The first-order valence-electron chi connectivity index (χ1n) is 16.6. The van der Waals surface area contributed by atoms with Gasteiger partial charge in [-0.3, -0.25) is 19.2 Å². The number of nitrogens with one attached hydrogen (secondary N) is 2. The van der Waals surface area contributed by atoms with Crippen LogP contribution in [-0.2, 0) is 25.7 Å². The van der Waals surface area contributed by atoms with E-state index in [0.717, 1.165) is 16.7 Å². The first-order valence-corrected chi connectivity index (χ1v) is 16.6. The van der Waals surface area contributed by atoms with Crippen molar-refractivity contribution in [2.45, 2.75) is 65.3 Å². The summed E-state index contributed by atoms with van der Waals surface area (Å²) in [6, 6.07) is 20.7. The molecule has 0 spiro atoms. The molecule has 12 heteroatoms. The smallest absolute Gasteiger partial charge is 0.250 e.